The predicted octanol–water partition coefficient (Wildman–Crippen LogP) is 5.56. The molecule has 4 nitrogen and oxygen atoms in total. The molecular weight excluding hydrogens is 439 g/mol. The Bertz CT molecular complexity index is 928. The number of rotatable bonds is 8. The average Bonchev–Trinajstić information content (AvgIpc) is 2.70. The summed E-state index contributed by atoms with van der Waals surface area (Å²) in [6.07, 6.45) is 3.03. The van der Waals surface area contributed by atoms with E-state index in [1.54, 1.807) is 13.8 Å². The summed E-state index contributed by atoms with van der Waals surface area (Å²) in [6.45, 7) is 3.17. The van der Waals surface area contributed by atoms with Gasteiger partial charge in [-0.15, -0.1) is 0 Å². The van der Waals surface area contributed by atoms with Crippen LogP contribution in [0, 0.1) is 11.8 Å². The van der Waals surface area contributed by atoms with Gasteiger partial charge in [-0.1, -0.05) is 25.3 Å². The molecule has 0 aromatic heterocycles. The molecule has 0 bridgehead atoms. The minimum absolute atomic E-state index is 0.107. The maximum atomic E-state index is 13.2. The van der Waals surface area contributed by atoms with Gasteiger partial charge in [0.2, 0.25) is 0 Å². The molecular formula is C24H34F3NO3S. The Balaban J connectivity index is 1.62. The van der Waals surface area contributed by atoms with Crippen molar-refractivity contribution in [2.75, 3.05) is 7.05 Å². The molecule has 180 valence electrons. The van der Waals surface area contributed by atoms with Gasteiger partial charge in [0.05, 0.1) is 15.2 Å². The van der Waals surface area contributed by atoms with Crippen LogP contribution >= 0.6 is 0 Å². The van der Waals surface area contributed by atoms with Gasteiger partial charge in [-0.05, 0) is 76.6 Å². The molecule has 0 atom stereocenters. The number of carbonyl (C=O) groups is 1. The van der Waals surface area contributed by atoms with Crippen LogP contribution < -0.4 is 5.32 Å². The molecule has 2 aliphatic rings. The first-order valence-electron chi connectivity index (χ1n) is 11.4. The summed E-state index contributed by atoms with van der Waals surface area (Å²) in [5.41, 5.74) is -1.07. The third-order valence-corrected chi connectivity index (χ3v) is 10.4. The van der Waals surface area contributed by atoms with E-state index >= 15 is 0 Å². The Morgan fingerprint density at radius 3 is 2.31 bits per heavy atom. The van der Waals surface area contributed by atoms with E-state index in [1.807, 2.05) is 7.05 Å². The molecule has 0 aliphatic heterocycles. The fourth-order valence-corrected chi connectivity index (χ4v) is 7.13. The first-order valence-corrected chi connectivity index (χ1v) is 12.9. The smallest absolute Gasteiger partial charge is 0.314 e. The molecule has 0 radical (unpaired) electrons. The number of halogens is 3. The van der Waals surface area contributed by atoms with Crippen molar-refractivity contribution in [3.8, 4) is 0 Å². The van der Waals surface area contributed by atoms with Crippen molar-refractivity contribution >= 4 is 15.6 Å². The molecule has 2 saturated carbocycles. The highest BCUT2D eigenvalue weighted by Gasteiger charge is 2.49. The Morgan fingerprint density at radius 2 is 1.75 bits per heavy atom. The average molecular weight is 474 g/mol. The van der Waals surface area contributed by atoms with E-state index in [1.165, 1.54) is 12.5 Å². The van der Waals surface area contributed by atoms with E-state index in [0.29, 0.717) is 25.7 Å². The second-order valence-corrected chi connectivity index (χ2v) is 12.7. The van der Waals surface area contributed by atoms with Crippen molar-refractivity contribution in [3.05, 3.63) is 29.8 Å². The largest absolute Gasteiger partial charge is 0.416 e. The topological polar surface area (TPSA) is 63.2 Å². The number of alkyl halides is 3. The number of hydrogen-bond acceptors (Lipinski definition) is 4. The third kappa shape index (κ3) is 5.06. The number of hydrogen-bond donors (Lipinski definition) is 1. The van der Waals surface area contributed by atoms with Crippen molar-refractivity contribution in [1.82, 2.24) is 5.32 Å². The third-order valence-electron chi connectivity index (χ3n) is 7.78. The van der Waals surface area contributed by atoms with E-state index in [0.717, 1.165) is 43.9 Å². The Labute approximate surface area is 189 Å². The summed E-state index contributed by atoms with van der Waals surface area (Å²) < 4.78 is 64.3. The fourth-order valence-electron chi connectivity index (χ4n) is 5.35. The molecule has 32 heavy (non-hydrogen) atoms. The number of Topliss-reactive ketones (excluding diaryl/α,β-unsaturated/α-hetero) is 1. The molecule has 2 aliphatic carbocycles. The minimum Gasteiger partial charge on any atom is -0.314 e. The summed E-state index contributed by atoms with van der Waals surface area (Å²) in [5, 5.41) is 3.36. The summed E-state index contributed by atoms with van der Waals surface area (Å²) in [5.74, 6) is 0.164. The Hall–Kier alpha value is -1.41. The predicted molar refractivity (Wildman–Crippen MR) is 118 cm³/mol. The van der Waals surface area contributed by atoms with Gasteiger partial charge in [0.25, 0.3) is 0 Å². The van der Waals surface area contributed by atoms with Crippen LogP contribution in [-0.2, 0) is 20.8 Å². The molecule has 1 aromatic carbocycles. The number of carbonyl (C=O) groups excluding carboxylic acids is 1. The van der Waals surface area contributed by atoms with Crippen molar-refractivity contribution in [2.24, 2.45) is 11.8 Å². The number of benzene rings is 1. The van der Waals surface area contributed by atoms with Gasteiger partial charge in [0.15, 0.2) is 9.84 Å². The van der Waals surface area contributed by atoms with E-state index in [4.69, 9.17) is 0 Å². The van der Waals surface area contributed by atoms with Crippen LogP contribution in [0.25, 0.3) is 0 Å². The lowest BCUT2D eigenvalue weighted by atomic mass is 9.66. The Kier molecular flexibility index (Phi) is 7.16. The quantitative estimate of drug-likeness (QED) is 0.537. The maximum absolute atomic E-state index is 13.2. The van der Waals surface area contributed by atoms with Gasteiger partial charge < -0.3 is 5.32 Å². The SMILES string of the molecule is CNC1(CC(=O)CC2CC(C(C)(C)S(=O)(=O)c3cccc(C(F)(F)F)c3)C2)CCCCC1. The van der Waals surface area contributed by atoms with Crippen LogP contribution in [0.3, 0.4) is 0 Å². The van der Waals surface area contributed by atoms with Gasteiger partial charge in [0.1, 0.15) is 5.78 Å². The highest BCUT2D eigenvalue weighted by atomic mass is 32.2. The molecule has 0 unspecified atom stereocenters. The standard InChI is InChI=1S/C24H34F3NO3S/c1-22(2,32(30,31)21-9-7-8-18(15-21)24(25,26)27)19-12-17(13-19)14-20(29)16-23(28-3)10-5-4-6-11-23/h7-9,15,17,19,28H,4-6,10-14,16H2,1-3H3. The molecule has 3 rings (SSSR count). The maximum Gasteiger partial charge on any atom is 0.416 e. The van der Waals surface area contributed by atoms with Crippen LogP contribution in [0.1, 0.15) is 77.2 Å². The molecule has 2 fully saturated rings. The van der Waals surface area contributed by atoms with Gasteiger partial charge in [-0.25, -0.2) is 8.42 Å². The van der Waals surface area contributed by atoms with Crippen LogP contribution in [-0.4, -0.2) is 31.5 Å². The second-order valence-electron chi connectivity index (χ2n) is 10.2. The minimum atomic E-state index is -4.60. The summed E-state index contributed by atoms with van der Waals surface area (Å²) in [7, 11) is -2.05. The monoisotopic (exact) mass is 473 g/mol. The van der Waals surface area contributed by atoms with E-state index in [2.05, 4.69) is 5.32 Å². The zero-order chi connectivity index (χ0) is 23.8. The lowest BCUT2D eigenvalue weighted by Crippen LogP contribution is -2.48. The van der Waals surface area contributed by atoms with Gasteiger partial charge >= 0.3 is 6.18 Å². The first kappa shape index (κ1) is 25.2. The van der Waals surface area contributed by atoms with E-state index < -0.39 is 26.3 Å². The van der Waals surface area contributed by atoms with Crippen LogP contribution in [0.4, 0.5) is 13.2 Å². The van der Waals surface area contributed by atoms with Crippen molar-refractivity contribution < 1.29 is 26.4 Å². The van der Waals surface area contributed by atoms with Crippen molar-refractivity contribution in [1.29, 1.82) is 0 Å². The summed E-state index contributed by atoms with van der Waals surface area (Å²) in [4.78, 5) is 12.4. The molecule has 1 N–H and O–H groups in total. The normalized spacial score (nSPS) is 24.1. The lowest BCUT2D eigenvalue weighted by Gasteiger charge is -2.45. The highest BCUT2D eigenvalue weighted by Crippen LogP contribution is 2.48. The molecule has 0 saturated heterocycles. The molecule has 0 amide bonds. The molecule has 0 heterocycles. The lowest BCUT2D eigenvalue weighted by molar-refractivity contribution is -0.137. The second kappa shape index (κ2) is 9.09. The highest BCUT2D eigenvalue weighted by molar-refractivity contribution is 7.92. The zero-order valence-electron chi connectivity index (χ0n) is 19.1. The van der Waals surface area contributed by atoms with E-state index in [-0.39, 0.29) is 28.1 Å². The van der Waals surface area contributed by atoms with Crippen LogP contribution in [0.15, 0.2) is 29.2 Å². The first-order chi connectivity index (χ1) is 14.8. The molecule has 8 heteroatoms. The molecule has 0 spiro atoms. The van der Waals surface area contributed by atoms with Crippen molar-refractivity contribution in [3.63, 3.8) is 0 Å². The summed E-state index contributed by atoms with van der Waals surface area (Å²) >= 11 is 0. The molecule has 1 aromatic rings. The van der Waals surface area contributed by atoms with Crippen molar-refractivity contribution in [2.45, 2.75) is 93.0 Å². The summed E-state index contributed by atoms with van der Waals surface area (Å²) in [6, 6.07) is 3.96. The number of sulfone groups is 1. The van der Waals surface area contributed by atoms with Gasteiger partial charge in [-0.2, -0.15) is 13.2 Å². The van der Waals surface area contributed by atoms with E-state index in [9.17, 15) is 26.4 Å². The van der Waals surface area contributed by atoms with Crippen LogP contribution in [0.2, 0.25) is 0 Å². The van der Waals surface area contributed by atoms with Crippen LogP contribution in [0.5, 0.6) is 0 Å². The number of ketones is 1. The number of nitrogens with one attached hydrogen (secondary N) is 1. The fraction of sp³-hybridized carbons (Fsp3) is 0.708. The van der Waals surface area contributed by atoms with Gasteiger partial charge in [-0.3, -0.25) is 4.79 Å². The Morgan fingerprint density at radius 1 is 1.12 bits per heavy atom. The van der Waals surface area contributed by atoms with Gasteiger partial charge in [0, 0.05) is 18.4 Å². The zero-order valence-corrected chi connectivity index (χ0v) is 19.9.